The van der Waals surface area contributed by atoms with E-state index < -0.39 is 16.7 Å². The van der Waals surface area contributed by atoms with Crippen molar-refractivity contribution in [3.05, 3.63) is 33.9 Å². The summed E-state index contributed by atoms with van der Waals surface area (Å²) in [5, 5.41) is 13.3. The SMILES string of the molecule is NC(=O)CCCNC(=O)c1cc(N)ccc1[N+](=O)[O-]. The zero-order valence-electron chi connectivity index (χ0n) is 10.1. The highest BCUT2D eigenvalue weighted by molar-refractivity contribution is 5.99. The lowest BCUT2D eigenvalue weighted by Crippen LogP contribution is -2.26. The molecule has 0 bridgehead atoms. The van der Waals surface area contributed by atoms with Crippen LogP contribution in [-0.4, -0.2) is 23.3 Å². The summed E-state index contributed by atoms with van der Waals surface area (Å²) in [4.78, 5) is 32.4. The number of amides is 2. The number of nitro groups is 1. The largest absolute Gasteiger partial charge is 0.399 e. The van der Waals surface area contributed by atoms with E-state index in [9.17, 15) is 19.7 Å². The third kappa shape index (κ3) is 4.26. The highest BCUT2D eigenvalue weighted by Gasteiger charge is 2.19. The number of nitrogens with zero attached hydrogens (tertiary/aromatic N) is 1. The fourth-order valence-electron chi connectivity index (χ4n) is 1.45. The molecule has 0 heterocycles. The van der Waals surface area contributed by atoms with E-state index in [1.54, 1.807) is 0 Å². The van der Waals surface area contributed by atoms with Crippen LogP contribution in [0.15, 0.2) is 18.2 Å². The number of hydrogen-bond acceptors (Lipinski definition) is 5. The van der Waals surface area contributed by atoms with Gasteiger partial charge in [-0.05, 0) is 18.6 Å². The minimum Gasteiger partial charge on any atom is -0.399 e. The second kappa shape index (κ2) is 6.34. The normalized spacial score (nSPS) is 9.89. The highest BCUT2D eigenvalue weighted by Crippen LogP contribution is 2.20. The third-order valence-electron chi connectivity index (χ3n) is 2.35. The van der Waals surface area contributed by atoms with Crippen LogP contribution in [0.1, 0.15) is 23.2 Å². The van der Waals surface area contributed by atoms with Crippen molar-refractivity contribution in [2.24, 2.45) is 5.73 Å². The molecule has 0 saturated carbocycles. The zero-order valence-corrected chi connectivity index (χ0v) is 10.1. The fraction of sp³-hybridized carbons (Fsp3) is 0.273. The van der Waals surface area contributed by atoms with E-state index in [1.807, 2.05) is 0 Å². The predicted molar refractivity (Wildman–Crippen MR) is 68.3 cm³/mol. The lowest BCUT2D eigenvalue weighted by atomic mass is 10.1. The Balaban J connectivity index is 2.73. The second-order valence-corrected chi connectivity index (χ2v) is 3.86. The molecule has 0 saturated heterocycles. The molecule has 0 spiro atoms. The van der Waals surface area contributed by atoms with E-state index in [0.29, 0.717) is 6.42 Å². The number of rotatable bonds is 6. The van der Waals surface area contributed by atoms with Crippen LogP contribution in [0.3, 0.4) is 0 Å². The summed E-state index contributed by atoms with van der Waals surface area (Å²) >= 11 is 0. The van der Waals surface area contributed by atoms with Crippen molar-refractivity contribution in [2.75, 3.05) is 12.3 Å². The fourth-order valence-corrected chi connectivity index (χ4v) is 1.45. The lowest BCUT2D eigenvalue weighted by molar-refractivity contribution is -0.385. The topological polar surface area (TPSA) is 141 Å². The Kier molecular flexibility index (Phi) is 4.81. The average Bonchev–Trinajstić information content (AvgIpc) is 2.33. The minimum absolute atomic E-state index is 0.107. The number of nitrogens with one attached hydrogen (secondary N) is 1. The summed E-state index contributed by atoms with van der Waals surface area (Å²) < 4.78 is 0. The molecule has 8 heteroatoms. The van der Waals surface area contributed by atoms with Gasteiger partial charge in [0.15, 0.2) is 0 Å². The summed E-state index contributed by atoms with van der Waals surface area (Å²) in [5.41, 5.74) is 10.3. The summed E-state index contributed by atoms with van der Waals surface area (Å²) in [6.45, 7) is 0.202. The molecule has 0 aliphatic carbocycles. The van der Waals surface area contributed by atoms with E-state index in [1.165, 1.54) is 18.2 Å². The van der Waals surface area contributed by atoms with Crippen LogP contribution in [0.4, 0.5) is 11.4 Å². The van der Waals surface area contributed by atoms with E-state index in [0.717, 1.165) is 0 Å². The molecule has 8 nitrogen and oxygen atoms in total. The molecule has 0 aliphatic heterocycles. The van der Waals surface area contributed by atoms with Gasteiger partial charge in [-0.15, -0.1) is 0 Å². The number of carbonyl (C=O) groups is 2. The molecule has 5 N–H and O–H groups in total. The average molecular weight is 266 g/mol. The van der Waals surface area contributed by atoms with Gasteiger partial charge in [-0.1, -0.05) is 0 Å². The first-order chi connectivity index (χ1) is 8.91. The van der Waals surface area contributed by atoms with Gasteiger partial charge in [0.05, 0.1) is 4.92 Å². The first-order valence-corrected chi connectivity index (χ1v) is 5.52. The molecule has 0 radical (unpaired) electrons. The quantitative estimate of drug-likeness (QED) is 0.291. The third-order valence-corrected chi connectivity index (χ3v) is 2.35. The van der Waals surface area contributed by atoms with Crippen molar-refractivity contribution in [2.45, 2.75) is 12.8 Å². The zero-order chi connectivity index (χ0) is 14.4. The standard InChI is InChI=1S/C11H14N4O4/c12-7-3-4-9(15(18)19)8(6-7)11(17)14-5-1-2-10(13)16/h3-4,6H,1-2,5,12H2,(H2,13,16)(H,14,17). The molecule has 0 unspecified atom stereocenters. The summed E-state index contributed by atoms with van der Waals surface area (Å²) in [7, 11) is 0. The van der Waals surface area contributed by atoms with Crippen LogP contribution >= 0.6 is 0 Å². The van der Waals surface area contributed by atoms with Gasteiger partial charge in [0, 0.05) is 24.7 Å². The number of benzene rings is 1. The molecule has 102 valence electrons. The molecule has 0 atom stereocenters. The first-order valence-electron chi connectivity index (χ1n) is 5.52. The minimum atomic E-state index is -0.655. The molecule has 0 aliphatic rings. The number of anilines is 1. The van der Waals surface area contributed by atoms with Gasteiger partial charge >= 0.3 is 0 Å². The van der Waals surface area contributed by atoms with Crippen molar-refractivity contribution in [3.63, 3.8) is 0 Å². The van der Waals surface area contributed by atoms with E-state index in [4.69, 9.17) is 11.5 Å². The summed E-state index contributed by atoms with van der Waals surface area (Å²) in [6.07, 6.45) is 0.510. The molecule has 2 amide bonds. The van der Waals surface area contributed by atoms with Crippen LogP contribution < -0.4 is 16.8 Å². The Morgan fingerprint density at radius 1 is 1.37 bits per heavy atom. The molecule has 0 aromatic heterocycles. The molecule has 1 aromatic rings. The van der Waals surface area contributed by atoms with Crippen LogP contribution in [0.25, 0.3) is 0 Å². The number of nitrogen functional groups attached to an aromatic ring is 1. The maximum absolute atomic E-state index is 11.8. The maximum atomic E-state index is 11.8. The van der Waals surface area contributed by atoms with Crippen LogP contribution in [0, 0.1) is 10.1 Å². The van der Waals surface area contributed by atoms with E-state index >= 15 is 0 Å². The van der Waals surface area contributed by atoms with Crippen LogP contribution in [0.2, 0.25) is 0 Å². The van der Waals surface area contributed by atoms with E-state index in [2.05, 4.69) is 5.32 Å². The Morgan fingerprint density at radius 2 is 2.05 bits per heavy atom. The number of hydrogen-bond donors (Lipinski definition) is 3. The summed E-state index contributed by atoms with van der Waals surface area (Å²) in [6, 6.07) is 3.76. The highest BCUT2D eigenvalue weighted by atomic mass is 16.6. The Bertz CT molecular complexity index is 515. The van der Waals surface area contributed by atoms with Gasteiger partial charge < -0.3 is 16.8 Å². The Labute approximate surface area is 108 Å². The molecule has 1 rings (SSSR count). The monoisotopic (exact) mass is 266 g/mol. The Morgan fingerprint density at radius 3 is 2.63 bits per heavy atom. The molecular weight excluding hydrogens is 252 g/mol. The number of nitro benzene ring substituents is 1. The van der Waals surface area contributed by atoms with E-state index in [-0.39, 0.29) is 29.9 Å². The van der Waals surface area contributed by atoms with Crippen molar-refractivity contribution < 1.29 is 14.5 Å². The Hall–Kier alpha value is -2.64. The van der Waals surface area contributed by atoms with Gasteiger partial charge in [-0.25, -0.2) is 0 Å². The van der Waals surface area contributed by atoms with Crippen molar-refractivity contribution in [1.29, 1.82) is 0 Å². The molecular formula is C11H14N4O4. The molecule has 0 fully saturated rings. The van der Waals surface area contributed by atoms with Gasteiger partial charge in [0.2, 0.25) is 5.91 Å². The van der Waals surface area contributed by atoms with Gasteiger partial charge in [0.25, 0.3) is 11.6 Å². The molecule has 1 aromatic carbocycles. The van der Waals surface area contributed by atoms with Gasteiger partial charge in [0.1, 0.15) is 5.56 Å². The smallest absolute Gasteiger partial charge is 0.282 e. The second-order valence-electron chi connectivity index (χ2n) is 3.86. The number of primary amides is 1. The van der Waals surface area contributed by atoms with Crippen molar-refractivity contribution in [3.8, 4) is 0 Å². The lowest BCUT2D eigenvalue weighted by Gasteiger charge is -2.06. The maximum Gasteiger partial charge on any atom is 0.282 e. The van der Waals surface area contributed by atoms with Crippen LogP contribution in [-0.2, 0) is 4.79 Å². The van der Waals surface area contributed by atoms with Gasteiger partial charge in [-0.2, -0.15) is 0 Å². The van der Waals surface area contributed by atoms with Gasteiger partial charge in [-0.3, -0.25) is 19.7 Å². The predicted octanol–water partition coefficient (Wildman–Crippen LogP) is 0.172. The van der Waals surface area contributed by atoms with Crippen LogP contribution in [0.5, 0.6) is 0 Å². The number of carbonyl (C=O) groups excluding carboxylic acids is 2. The molecule has 19 heavy (non-hydrogen) atoms. The van der Waals surface area contributed by atoms with Crippen molar-refractivity contribution >= 4 is 23.2 Å². The van der Waals surface area contributed by atoms with Crippen molar-refractivity contribution in [1.82, 2.24) is 5.32 Å². The summed E-state index contributed by atoms with van der Waals surface area (Å²) in [5.74, 6) is -1.08. The first kappa shape index (κ1) is 14.4. The number of nitrogens with two attached hydrogens (primary N) is 2.